The Balaban J connectivity index is 2.78. The van der Waals surface area contributed by atoms with E-state index in [1.807, 2.05) is 6.92 Å². The van der Waals surface area contributed by atoms with Gasteiger partial charge in [-0.2, -0.15) is 0 Å². The van der Waals surface area contributed by atoms with Crippen LogP contribution in [-0.2, 0) is 10.8 Å². The van der Waals surface area contributed by atoms with Gasteiger partial charge in [0.05, 0.1) is 5.02 Å². The van der Waals surface area contributed by atoms with Crippen molar-refractivity contribution in [1.82, 2.24) is 5.32 Å². The molecular formula is C11H14Cl2FNOS. The van der Waals surface area contributed by atoms with Crippen LogP contribution < -0.4 is 5.32 Å². The third kappa shape index (κ3) is 4.21. The molecule has 1 rings (SSSR count). The van der Waals surface area contributed by atoms with Crippen LogP contribution >= 0.6 is 23.2 Å². The van der Waals surface area contributed by atoms with Gasteiger partial charge in [0.1, 0.15) is 5.82 Å². The van der Waals surface area contributed by atoms with Crippen LogP contribution in [0.15, 0.2) is 12.1 Å². The zero-order chi connectivity index (χ0) is 13.0. The topological polar surface area (TPSA) is 29.1 Å². The third-order valence-corrected chi connectivity index (χ3v) is 3.85. The predicted octanol–water partition coefficient (Wildman–Crippen LogP) is 3.16. The summed E-state index contributed by atoms with van der Waals surface area (Å²) in [6, 6.07) is 2.53. The van der Waals surface area contributed by atoms with E-state index in [1.54, 1.807) is 6.26 Å². The van der Waals surface area contributed by atoms with Crippen LogP contribution in [0.1, 0.15) is 18.5 Å². The lowest BCUT2D eigenvalue weighted by atomic mass is 10.1. The Labute approximate surface area is 113 Å². The number of hydrogen-bond acceptors (Lipinski definition) is 2. The van der Waals surface area contributed by atoms with Gasteiger partial charge in [-0.3, -0.25) is 4.21 Å². The fourth-order valence-corrected chi connectivity index (χ4v) is 2.56. The summed E-state index contributed by atoms with van der Waals surface area (Å²) in [5.41, 5.74) is 0.537. The molecule has 0 aliphatic rings. The second-order valence-electron chi connectivity index (χ2n) is 3.71. The Morgan fingerprint density at radius 2 is 2.12 bits per heavy atom. The van der Waals surface area contributed by atoms with Crippen LogP contribution in [0.25, 0.3) is 0 Å². The van der Waals surface area contributed by atoms with Gasteiger partial charge in [-0.1, -0.05) is 23.2 Å². The molecule has 1 N–H and O–H groups in total. The molecule has 0 radical (unpaired) electrons. The average Bonchev–Trinajstić information content (AvgIpc) is 2.23. The normalized spacial score (nSPS) is 14.6. The number of benzene rings is 1. The molecule has 0 amide bonds. The Hall–Kier alpha value is -0.160. The summed E-state index contributed by atoms with van der Waals surface area (Å²) in [6.45, 7) is 2.40. The molecule has 0 saturated heterocycles. The van der Waals surface area contributed by atoms with Crippen LogP contribution in [0.5, 0.6) is 0 Å². The van der Waals surface area contributed by atoms with Crippen LogP contribution in [0.2, 0.25) is 10.0 Å². The summed E-state index contributed by atoms with van der Waals surface area (Å²) in [5.74, 6) is 0.0494. The van der Waals surface area contributed by atoms with Crippen molar-refractivity contribution in [1.29, 1.82) is 0 Å². The van der Waals surface area contributed by atoms with Gasteiger partial charge in [0.2, 0.25) is 0 Å². The highest BCUT2D eigenvalue weighted by molar-refractivity contribution is 7.84. The number of hydrogen-bond donors (Lipinski definition) is 1. The zero-order valence-corrected chi connectivity index (χ0v) is 11.9. The van der Waals surface area contributed by atoms with Gasteiger partial charge in [0, 0.05) is 46.0 Å². The maximum Gasteiger partial charge on any atom is 0.142 e. The summed E-state index contributed by atoms with van der Waals surface area (Å²) in [5, 5.41) is 3.57. The number of rotatable bonds is 5. The highest BCUT2D eigenvalue weighted by atomic mass is 35.5. The van der Waals surface area contributed by atoms with Crippen molar-refractivity contribution >= 4 is 34.0 Å². The highest BCUT2D eigenvalue weighted by Crippen LogP contribution is 2.32. The molecule has 2 nitrogen and oxygen atoms in total. The molecule has 0 aliphatic carbocycles. The van der Waals surface area contributed by atoms with Gasteiger partial charge in [-0.05, 0) is 19.1 Å². The molecule has 0 spiro atoms. The number of nitrogens with one attached hydrogen (secondary N) is 1. The van der Waals surface area contributed by atoms with Crippen molar-refractivity contribution in [2.24, 2.45) is 0 Å². The van der Waals surface area contributed by atoms with Crippen molar-refractivity contribution < 1.29 is 8.60 Å². The van der Waals surface area contributed by atoms with E-state index in [4.69, 9.17) is 23.2 Å². The monoisotopic (exact) mass is 297 g/mol. The van der Waals surface area contributed by atoms with Crippen LogP contribution in [-0.4, -0.2) is 22.8 Å². The van der Waals surface area contributed by atoms with Gasteiger partial charge in [0.15, 0.2) is 0 Å². The molecular weight excluding hydrogens is 284 g/mol. The molecule has 1 aromatic carbocycles. The van der Waals surface area contributed by atoms with Gasteiger partial charge in [-0.25, -0.2) is 4.39 Å². The first-order valence-electron chi connectivity index (χ1n) is 5.10. The zero-order valence-electron chi connectivity index (χ0n) is 9.60. The summed E-state index contributed by atoms with van der Waals surface area (Å²) in [4.78, 5) is 0. The largest absolute Gasteiger partial charge is 0.309 e. The number of halogens is 3. The van der Waals surface area contributed by atoms with Gasteiger partial charge < -0.3 is 5.32 Å². The average molecular weight is 298 g/mol. The van der Waals surface area contributed by atoms with Gasteiger partial charge in [-0.15, -0.1) is 0 Å². The lowest BCUT2D eigenvalue weighted by molar-refractivity contribution is 0.583. The molecule has 0 aromatic heterocycles. The molecule has 0 heterocycles. The van der Waals surface area contributed by atoms with Crippen LogP contribution in [0, 0.1) is 5.82 Å². The summed E-state index contributed by atoms with van der Waals surface area (Å²) in [6.07, 6.45) is 1.63. The minimum absolute atomic E-state index is 0.0371. The summed E-state index contributed by atoms with van der Waals surface area (Å²) < 4.78 is 24.2. The highest BCUT2D eigenvalue weighted by Gasteiger charge is 2.16. The molecule has 17 heavy (non-hydrogen) atoms. The van der Waals surface area contributed by atoms with Crippen LogP contribution in [0.3, 0.4) is 0 Å². The van der Waals surface area contributed by atoms with Crippen molar-refractivity contribution in [3.63, 3.8) is 0 Å². The lowest BCUT2D eigenvalue weighted by Gasteiger charge is -2.17. The maximum atomic E-state index is 13.3. The summed E-state index contributed by atoms with van der Waals surface area (Å²) in [7, 11) is -0.856. The molecule has 2 unspecified atom stereocenters. The first-order chi connectivity index (χ1) is 7.93. The van der Waals surface area contributed by atoms with E-state index in [0.717, 1.165) is 0 Å². The van der Waals surface area contributed by atoms with E-state index in [0.29, 0.717) is 22.9 Å². The molecule has 96 valence electrons. The first kappa shape index (κ1) is 14.9. The van der Waals surface area contributed by atoms with Gasteiger partial charge >= 0.3 is 0 Å². The summed E-state index contributed by atoms with van der Waals surface area (Å²) >= 11 is 11.9. The fourth-order valence-electron chi connectivity index (χ4n) is 1.46. The second-order valence-corrected chi connectivity index (χ2v) is 6.05. The quantitative estimate of drug-likeness (QED) is 0.846. The second kappa shape index (κ2) is 6.69. The van der Waals surface area contributed by atoms with Crippen molar-refractivity contribution in [2.45, 2.75) is 13.0 Å². The third-order valence-electron chi connectivity index (χ3n) is 2.35. The predicted molar refractivity (Wildman–Crippen MR) is 71.8 cm³/mol. The Kier molecular flexibility index (Phi) is 5.86. The molecule has 0 fully saturated rings. The van der Waals surface area contributed by atoms with E-state index in [9.17, 15) is 8.60 Å². The molecule has 6 heteroatoms. The van der Waals surface area contributed by atoms with E-state index in [-0.39, 0.29) is 11.1 Å². The van der Waals surface area contributed by atoms with E-state index in [2.05, 4.69) is 5.32 Å². The van der Waals surface area contributed by atoms with E-state index in [1.165, 1.54) is 12.1 Å². The van der Waals surface area contributed by atoms with Gasteiger partial charge in [0.25, 0.3) is 0 Å². The van der Waals surface area contributed by atoms with Crippen molar-refractivity contribution in [2.75, 3.05) is 18.6 Å². The van der Waals surface area contributed by atoms with E-state index >= 15 is 0 Å². The van der Waals surface area contributed by atoms with E-state index < -0.39 is 16.6 Å². The van der Waals surface area contributed by atoms with Crippen molar-refractivity contribution in [3.05, 3.63) is 33.6 Å². The molecule has 2 atom stereocenters. The maximum absolute atomic E-state index is 13.3. The smallest absolute Gasteiger partial charge is 0.142 e. The molecule has 0 aliphatic heterocycles. The van der Waals surface area contributed by atoms with Crippen molar-refractivity contribution in [3.8, 4) is 0 Å². The standard InChI is InChI=1S/C11H14Cl2FNOS/c1-7(15-5-6-17(2)16)10-8(12)3-4-9(14)11(10)13/h3-4,7,15H,5-6H2,1-2H3. The first-order valence-corrected chi connectivity index (χ1v) is 7.58. The minimum atomic E-state index is -0.856. The fraction of sp³-hybridized carbons (Fsp3) is 0.455. The SMILES string of the molecule is CC(NCCS(C)=O)c1c(Cl)ccc(F)c1Cl. The molecule has 1 aromatic rings. The lowest BCUT2D eigenvalue weighted by Crippen LogP contribution is -2.24. The molecule has 0 saturated carbocycles. The molecule has 0 bridgehead atoms. The Bertz CT molecular complexity index is 428. The minimum Gasteiger partial charge on any atom is -0.309 e. The van der Waals surface area contributed by atoms with Crippen LogP contribution in [0.4, 0.5) is 4.39 Å². The Morgan fingerprint density at radius 3 is 2.71 bits per heavy atom. The Morgan fingerprint density at radius 1 is 1.47 bits per heavy atom.